The Labute approximate surface area is 143 Å². The summed E-state index contributed by atoms with van der Waals surface area (Å²) in [4.78, 5) is 30.3. The minimum atomic E-state index is -0.528. The van der Waals surface area contributed by atoms with E-state index in [1.54, 1.807) is 0 Å². The first kappa shape index (κ1) is 17.3. The largest absolute Gasteiger partial charge is 0.379 e. The van der Waals surface area contributed by atoms with Gasteiger partial charge in [-0.3, -0.25) is 9.59 Å². The van der Waals surface area contributed by atoms with E-state index >= 15 is 0 Å². The summed E-state index contributed by atoms with van der Waals surface area (Å²) in [6, 6.07) is -0.275. The molecule has 2 aromatic heterocycles. The molecule has 0 saturated carbocycles. The van der Waals surface area contributed by atoms with Crippen LogP contribution < -0.4 is 10.9 Å². The third kappa shape index (κ3) is 3.94. The Bertz CT molecular complexity index is 780. The Balaban J connectivity index is 1.66. The number of nitrogens with zero attached hydrogens (tertiary/aromatic N) is 2. The summed E-state index contributed by atoms with van der Waals surface area (Å²) in [6.45, 7) is 4.84. The van der Waals surface area contributed by atoms with Gasteiger partial charge in [0.2, 0.25) is 0 Å². The van der Waals surface area contributed by atoms with Gasteiger partial charge in [0.15, 0.2) is 5.69 Å². The molecule has 1 aliphatic heterocycles. The molecule has 3 heterocycles. The Morgan fingerprint density at radius 3 is 3.04 bits per heavy atom. The number of aromatic amines is 1. The van der Waals surface area contributed by atoms with Crippen LogP contribution in [0, 0.1) is 13.8 Å². The number of hydrogen-bond acceptors (Lipinski definition) is 7. The summed E-state index contributed by atoms with van der Waals surface area (Å²) in [7, 11) is 0. The zero-order chi connectivity index (χ0) is 17.8. The van der Waals surface area contributed by atoms with Gasteiger partial charge in [0.05, 0.1) is 24.9 Å². The van der Waals surface area contributed by atoms with Gasteiger partial charge in [-0.2, -0.15) is 0 Å². The van der Waals surface area contributed by atoms with E-state index in [4.69, 9.17) is 14.0 Å². The fraction of sp³-hybridized carbons (Fsp3) is 0.500. The Morgan fingerprint density at radius 1 is 1.48 bits per heavy atom. The van der Waals surface area contributed by atoms with Crippen molar-refractivity contribution >= 4 is 5.91 Å². The normalized spacial score (nSPS) is 20.4. The molecule has 1 saturated heterocycles. The van der Waals surface area contributed by atoms with Gasteiger partial charge in [-0.1, -0.05) is 5.16 Å². The molecule has 1 aliphatic rings. The van der Waals surface area contributed by atoms with E-state index < -0.39 is 11.5 Å². The monoisotopic (exact) mass is 348 g/mol. The van der Waals surface area contributed by atoms with Crippen LogP contribution in [-0.4, -0.2) is 46.4 Å². The molecule has 3 rings (SSSR count). The lowest BCUT2D eigenvalue weighted by atomic mass is 10.1. The molecule has 0 unspecified atom stereocenters. The lowest BCUT2D eigenvalue weighted by Crippen LogP contribution is -2.50. The smallest absolute Gasteiger partial charge is 0.279 e. The second kappa shape index (κ2) is 7.58. The Kier molecular flexibility index (Phi) is 5.25. The molecular formula is C16H20N4O5. The molecule has 0 radical (unpaired) electrons. The summed E-state index contributed by atoms with van der Waals surface area (Å²) in [5.41, 5.74) is 0.963. The number of nitrogens with one attached hydrogen (secondary N) is 2. The maximum absolute atomic E-state index is 12.3. The summed E-state index contributed by atoms with van der Waals surface area (Å²) in [6.07, 6.45) is 2.99. The minimum Gasteiger partial charge on any atom is -0.379 e. The number of aryl methyl sites for hydroxylation is 2. The topological polar surface area (TPSA) is 119 Å². The quantitative estimate of drug-likeness (QED) is 0.806. The summed E-state index contributed by atoms with van der Waals surface area (Å²) in [5, 5.41) is 6.71. The molecule has 2 atom stereocenters. The number of aromatic nitrogens is 3. The van der Waals surface area contributed by atoms with E-state index in [1.807, 2.05) is 13.8 Å². The van der Waals surface area contributed by atoms with Crippen molar-refractivity contribution in [3.63, 3.8) is 0 Å². The molecule has 0 bridgehead atoms. The van der Waals surface area contributed by atoms with Gasteiger partial charge in [-0.15, -0.1) is 0 Å². The van der Waals surface area contributed by atoms with Crippen molar-refractivity contribution in [3.8, 4) is 0 Å². The molecule has 9 heteroatoms. The second-order valence-corrected chi connectivity index (χ2v) is 5.86. The highest BCUT2D eigenvalue weighted by Gasteiger charge is 2.29. The molecule has 0 spiro atoms. The predicted molar refractivity (Wildman–Crippen MR) is 86.1 cm³/mol. The van der Waals surface area contributed by atoms with Crippen molar-refractivity contribution in [2.45, 2.75) is 39.0 Å². The van der Waals surface area contributed by atoms with Crippen LogP contribution in [0.25, 0.3) is 0 Å². The van der Waals surface area contributed by atoms with Crippen LogP contribution in [0.1, 0.15) is 33.9 Å². The highest BCUT2D eigenvalue weighted by Crippen LogP contribution is 2.18. The lowest BCUT2D eigenvalue weighted by Gasteiger charge is -2.31. The van der Waals surface area contributed by atoms with Crippen LogP contribution in [0.3, 0.4) is 0 Å². The summed E-state index contributed by atoms with van der Waals surface area (Å²) in [5.74, 6) is 0.175. The van der Waals surface area contributed by atoms with Crippen molar-refractivity contribution in [2.24, 2.45) is 0 Å². The molecule has 1 fully saturated rings. The predicted octanol–water partition coefficient (Wildman–Crippen LogP) is 0.479. The van der Waals surface area contributed by atoms with Crippen molar-refractivity contribution in [3.05, 3.63) is 45.5 Å². The highest BCUT2D eigenvalue weighted by molar-refractivity contribution is 5.92. The number of amides is 1. The molecule has 2 N–H and O–H groups in total. The van der Waals surface area contributed by atoms with Gasteiger partial charge >= 0.3 is 0 Å². The second-order valence-electron chi connectivity index (χ2n) is 5.86. The third-order valence-electron chi connectivity index (χ3n) is 4.17. The number of H-pyrrole nitrogens is 1. The van der Waals surface area contributed by atoms with E-state index in [-0.39, 0.29) is 17.8 Å². The first-order chi connectivity index (χ1) is 12.1. The average molecular weight is 348 g/mol. The van der Waals surface area contributed by atoms with E-state index in [9.17, 15) is 9.59 Å². The van der Waals surface area contributed by atoms with Crippen LogP contribution in [-0.2, 0) is 16.1 Å². The molecular weight excluding hydrogens is 328 g/mol. The number of carbonyl (C=O) groups excluding carboxylic acids is 1. The first-order valence-electron chi connectivity index (χ1n) is 8.02. The standard InChI is InChI=1S/C16H20N4O5/c1-9-11(10(2)25-20-9)7-24-13-8-23-6-3-12(13)19-16(22)14-15(21)18-5-4-17-14/h4-5,12-13H,3,6-8H2,1-2H3,(H,18,21)(H,19,22)/t12-,13-/m1/s1. The number of hydrogen-bond donors (Lipinski definition) is 2. The Morgan fingerprint density at radius 2 is 2.32 bits per heavy atom. The van der Waals surface area contributed by atoms with Crippen LogP contribution >= 0.6 is 0 Å². The number of rotatable bonds is 5. The van der Waals surface area contributed by atoms with Gasteiger partial charge in [-0.05, 0) is 20.3 Å². The minimum absolute atomic E-state index is 0.168. The van der Waals surface area contributed by atoms with Gasteiger partial charge < -0.3 is 24.3 Å². The van der Waals surface area contributed by atoms with Gasteiger partial charge in [0.1, 0.15) is 11.9 Å². The molecule has 25 heavy (non-hydrogen) atoms. The lowest BCUT2D eigenvalue weighted by molar-refractivity contribution is -0.0739. The third-order valence-corrected chi connectivity index (χ3v) is 4.17. The van der Waals surface area contributed by atoms with Crippen molar-refractivity contribution in [2.75, 3.05) is 13.2 Å². The van der Waals surface area contributed by atoms with E-state index in [1.165, 1.54) is 12.4 Å². The van der Waals surface area contributed by atoms with Crippen molar-refractivity contribution < 1.29 is 18.8 Å². The van der Waals surface area contributed by atoms with Crippen molar-refractivity contribution in [1.82, 2.24) is 20.4 Å². The fourth-order valence-electron chi connectivity index (χ4n) is 2.69. The van der Waals surface area contributed by atoms with Crippen LogP contribution in [0.15, 0.2) is 21.7 Å². The summed E-state index contributed by atoms with van der Waals surface area (Å²) >= 11 is 0. The maximum Gasteiger partial charge on any atom is 0.279 e. The first-order valence-corrected chi connectivity index (χ1v) is 8.02. The molecule has 0 aliphatic carbocycles. The zero-order valence-corrected chi connectivity index (χ0v) is 14.1. The highest BCUT2D eigenvalue weighted by atomic mass is 16.5. The van der Waals surface area contributed by atoms with E-state index in [2.05, 4.69) is 20.4 Å². The molecule has 9 nitrogen and oxygen atoms in total. The SMILES string of the molecule is Cc1noc(C)c1CO[C@@H]1COCC[C@H]1NC(=O)c1ncc[nH]c1=O. The molecule has 2 aromatic rings. The van der Waals surface area contributed by atoms with Crippen LogP contribution in [0.2, 0.25) is 0 Å². The Hall–Kier alpha value is -2.52. The fourth-order valence-corrected chi connectivity index (χ4v) is 2.69. The number of ether oxygens (including phenoxy) is 2. The van der Waals surface area contributed by atoms with E-state index in [0.29, 0.717) is 32.0 Å². The van der Waals surface area contributed by atoms with Gasteiger partial charge in [0, 0.05) is 24.6 Å². The summed E-state index contributed by atoms with van der Waals surface area (Å²) < 4.78 is 16.5. The number of carbonyl (C=O) groups is 1. The molecule has 1 amide bonds. The van der Waals surface area contributed by atoms with Gasteiger partial charge in [-0.25, -0.2) is 4.98 Å². The maximum atomic E-state index is 12.3. The van der Waals surface area contributed by atoms with Gasteiger partial charge in [0.25, 0.3) is 11.5 Å². The molecule has 0 aromatic carbocycles. The molecule has 134 valence electrons. The van der Waals surface area contributed by atoms with Crippen LogP contribution in [0.4, 0.5) is 0 Å². The van der Waals surface area contributed by atoms with Crippen LogP contribution in [0.5, 0.6) is 0 Å². The van der Waals surface area contributed by atoms with Crippen molar-refractivity contribution in [1.29, 1.82) is 0 Å². The average Bonchev–Trinajstić information content (AvgIpc) is 2.93. The zero-order valence-electron chi connectivity index (χ0n) is 14.1. The van der Waals surface area contributed by atoms with E-state index in [0.717, 1.165) is 11.3 Å².